The summed E-state index contributed by atoms with van der Waals surface area (Å²) in [5.41, 5.74) is 1.40. The Kier molecular flexibility index (Phi) is 4.98. The molecule has 0 aliphatic heterocycles. The zero-order valence-corrected chi connectivity index (χ0v) is 13.4. The lowest BCUT2D eigenvalue weighted by atomic mass is 10.1. The summed E-state index contributed by atoms with van der Waals surface area (Å²) >= 11 is 0. The third-order valence-electron chi connectivity index (χ3n) is 3.03. The predicted molar refractivity (Wildman–Crippen MR) is 82.5 cm³/mol. The SMILES string of the molecule is CN(C)C(N(C)C)=[N+](Cc1ccccc1)C(C)(C)C. The van der Waals surface area contributed by atoms with Gasteiger partial charge in [-0.25, -0.2) is 0 Å². The summed E-state index contributed by atoms with van der Waals surface area (Å²) in [6.45, 7) is 7.67. The Labute approximate surface area is 118 Å². The summed E-state index contributed by atoms with van der Waals surface area (Å²) in [7, 11) is 8.39. The van der Waals surface area contributed by atoms with Gasteiger partial charge in [-0.15, -0.1) is 0 Å². The largest absolute Gasteiger partial charge is 0.350 e. The van der Waals surface area contributed by atoms with Crippen LogP contribution in [0.4, 0.5) is 0 Å². The summed E-state index contributed by atoms with van der Waals surface area (Å²) in [4.78, 5) is 4.35. The molecule has 0 saturated heterocycles. The van der Waals surface area contributed by atoms with E-state index in [1.165, 1.54) is 11.5 Å². The van der Waals surface area contributed by atoms with E-state index < -0.39 is 0 Å². The first kappa shape index (κ1) is 15.5. The highest BCUT2D eigenvalue weighted by Gasteiger charge is 2.27. The highest BCUT2D eigenvalue weighted by Crippen LogP contribution is 2.14. The van der Waals surface area contributed by atoms with E-state index in [1.54, 1.807) is 0 Å². The van der Waals surface area contributed by atoms with Crippen LogP contribution in [0.3, 0.4) is 0 Å². The second-order valence-corrected chi connectivity index (χ2v) is 6.33. The van der Waals surface area contributed by atoms with Gasteiger partial charge in [-0.3, -0.25) is 14.4 Å². The Morgan fingerprint density at radius 3 is 1.79 bits per heavy atom. The molecule has 0 unspecified atom stereocenters. The molecule has 3 heteroatoms. The van der Waals surface area contributed by atoms with E-state index in [0.29, 0.717) is 0 Å². The van der Waals surface area contributed by atoms with E-state index in [0.717, 1.165) is 6.54 Å². The molecule has 0 N–H and O–H groups in total. The number of benzene rings is 1. The summed E-state index contributed by atoms with van der Waals surface area (Å²) in [6.07, 6.45) is 0. The van der Waals surface area contributed by atoms with Crippen molar-refractivity contribution in [3.05, 3.63) is 35.9 Å². The maximum Gasteiger partial charge on any atom is 0.350 e. The molecule has 0 aliphatic rings. The minimum atomic E-state index is 0.0692. The Morgan fingerprint density at radius 2 is 1.42 bits per heavy atom. The van der Waals surface area contributed by atoms with Gasteiger partial charge in [-0.2, -0.15) is 0 Å². The molecule has 0 saturated carbocycles. The lowest BCUT2D eigenvalue weighted by Gasteiger charge is -2.30. The maximum atomic E-state index is 2.43. The molecule has 19 heavy (non-hydrogen) atoms. The molecular weight excluding hydrogens is 234 g/mol. The summed E-state index contributed by atoms with van der Waals surface area (Å²) in [5, 5.41) is 0. The van der Waals surface area contributed by atoms with E-state index >= 15 is 0 Å². The van der Waals surface area contributed by atoms with Crippen LogP contribution in [0.1, 0.15) is 26.3 Å². The number of nitrogens with zero attached hydrogens (tertiary/aromatic N) is 3. The molecular formula is C16H28N3+. The molecule has 0 aliphatic carbocycles. The van der Waals surface area contributed by atoms with Crippen molar-refractivity contribution in [3.63, 3.8) is 0 Å². The molecule has 1 rings (SSSR count). The lowest BCUT2D eigenvalue weighted by Crippen LogP contribution is -2.49. The van der Waals surface area contributed by atoms with Crippen LogP contribution in [0, 0.1) is 0 Å². The Morgan fingerprint density at radius 1 is 0.947 bits per heavy atom. The molecule has 0 fully saturated rings. The van der Waals surface area contributed by atoms with Gasteiger partial charge in [0.2, 0.25) is 0 Å². The van der Waals surface area contributed by atoms with Crippen molar-refractivity contribution in [1.29, 1.82) is 0 Å². The highest BCUT2D eigenvalue weighted by atomic mass is 15.4. The Balaban J connectivity index is 3.26. The molecule has 0 radical (unpaired) electrons. The van der Waals surface area contributed by atoms with Gasteiger partial charge in [0.25, 0.3) is 0 Å². The molecule has 106 valence electrons. The van der Waals surface area contributed by atoms with Crippen LogP contribution in [0.25, 0.3) is 0 Å². The molecule has 0 spiro atoms. The summed E-state index contributed by atoms with van der Waals surface area (Å²) in [5.74, 6) is 1.22. The second-order valence-electron chi connectivity index (χ2n) is 6.33. The minimum absolute atomic E-state index is 0.0692. The monoisotopic (exact) mass is 262 g/mol. The first-order valence-electron chi connectivity index (χ1n) is 6.76. The molecule has 3 nitrogen and oxygen atoms in total. The van der Waals surface area contributed by atoms with Crippen molar-refractivity contribution in [2.75, 3.05) is 28.2 Å². The fourth-order valence-corrected chi connectivity index (χ4v) is 2.26. The van der Waals surface area contributed by atoms with Crippen molar-refractivity contribution in [3.8, 4) is 0 Å². The summed E-state index contributed by atoms with van der Waals surface area (Å²) in [6, 6.07) is 10.6. The van der Waals surface area contributed by atoms with E-state index in [4.69, 9.17) is 0 Å². The third kappa shape index (κ3) is 4.27. The number of guanidine groups is 1. The van der Waals surface area contributed by atoms with Crippen molar-refractivity contribution < 1.29 is 4.58 Å². The topological polar surface area (TPSA) is 9.49 Å². The fourth-order valence-electron chi connectivity index (χ4n) is 2.26. The maximum absolute atomic E-state index is 2.43. The van der Waals surface area contributed by atoms with Crippen LogP contribution in [0.15, 0.2) is 30.3 Å². The van der Waals surface area contributed by atoms with Crippen LogP contribution in [0.2, 0.25) is 0 Å². The lowest BCUT2D eigenvalue weighted by molar-refractivity contribution is -0.619. The Bertz CT molecular complexity index is 415. The quantitative estimate of drug-likeness (QED) is 0.460. The summed E-state index contributed by atoms with van der Waals surface area (Å²) < 4.78 is 2.43. The van der Waals surface area contributed by atoms with E-state index in [1.807, 2.05) is 0 Å². The zero-order chi connectivity index (χ0) is 14.6. The molecule has 0 heterocycles. The molecule has 1 aromatic carbocycles. The van der Waals surface area contributed by atoms with Crippen molar-refractivity contribution in [2.24, 2.45) is 0 Å². The van der Waals surface area contributed by atoms with Crippen LogP contribution in [-0.4, -0.2) is 54.1 Å². The van der Waals surface area contributed by atoms with Gasteiger partial charge in [0.15, 0.2) is 0 Å². The van der Waals surface area contributed by atoms with Crippen LogP contribution in [0.5, 0.6) is 0 Å². The number of hydrogen-bond donors (Lipinski definition) is 0. The smallest absolute Gasteiger partial charge is 0.270 e. The van der Waals surface area contributed by atoms with Crippen molar-refractivity contribution in [2.45, 2.75) is 32.9 Å². The molecule has 1 aromatic rings. The first-order valence-corrected chi connectivity index (χ1v) is 6.76. The standard InChI is InChI=1S/C16H28N3/c1-16(2,3)19(15(17(4)5)18(6)7)13-14-11-9-8-10-12-14/h8-12H,13H2,1-7H3/q+1. The van der Waals surface area contributed by atoms with Crippen LogP contribution >= 0.6 is 0 Å². The number of rotatable bonds is 2. The average Bonchev–Trinajstić information content (AvgIpc) is 2.27. The highest BCUT2D eigenvalue weighted by molar-refractivity contribution is 5.74. The second kappa shape index (κ2) is 6.09. The van der Waals surface area contributed by atoms with Gasteiger partial charge in [-0.05, 0) is 26.3 Å². The zero-order valence-electron chi connectivity index (χ0n) is 13.4. The number of hydrogen-bond acceptors (Lipinski definition) is 0. The fraction of sp³-hybridized carbons (Fsp3) is 0.562. The average molecular weight is 262 g/mol. The van der Waals surface area contributed by atoms with Crippen LogP contribution < -0.4 is 0 Å². The minimum Gasteiger partial charge on any atom is -0.270 e. The van der Waals surface area contributed by atoms with Gasteiger partial charge in [0.05, 0.1) is 40.3 Å². The van der Waals surface area contributed by atoms with Gasteiger partial charge >= 0.3 is 5.96 Å². The van der Waals surface area contributed by atoms with E-state index in [2.05, 4.69) is 93.7 Å². The predicted octanol–water partition coefficient (Wildman–Crippen LogP) is 2.48. The van der Waals surface area contributed by atoms with E-state index in [9.17, 15) is 0 Å². The van der Waals surface area contributed by atoms with Gasteiger partial charge in [0, 0.05) is 0 Å². The molecule has 0 atom stereocenters. The normalized spacial score (nSPS) is 11.1. The van der Waals surface area contributed by atoms with Gasteiger partial charge < -0.3 is 0 Å². The molecule has 0 aromatic heterocycles. The third-order valence-corrected chi connectivity index (χ3v) is 3.03. The Hall–Kier alpha value is -1.51. The van der Waals surface area contributed by atoms with Crippen LogP contribution in [-0.2, 0) is 6.54 Å². The van der Waals surface area contributed by atoms with Crippen molar-refractivity contribution >= 4 is 5.96 Å². The first-order chi connectivity index (χ1) is 8.73. The molecule has 0 bridgehead atoms. The van der Waals surface area contributed by atoms with E-state index in [-0.39, 0.29) is 5.54 Å². The van der Waals surface area contributed by atoms with Gasteiger partial charge in [0.1, 0.15) is 0 Å². The van der Waals surface area contributed by atoms with Gasteiger partial charge in [-0.1, -0.05) is 30.3 Å². The molecule has 0 amide bonds. The van der Waals surface area contributed by atoms with Crippen molar-refractivity contribution in [1.82, 2.24) is 9.80 Å².